The van der Waals surface area contributed by atoms with E-state index in [0.29, 0.717) is 10.5 Å². The van der Waals surface area contributed by atoms with Gasteiger partial charge in [-0.1, -0.05) is 14.9 Å². The lowest BCUT2D eigenvalue weighted by Gasteiger charge is -2.19. The fraction of sp³-hybridized carbons (Fsp3) is 1.00. The quantitative estimate of drug-likeness (QED) is 0.382. The third kappa shape index (κ3) is 2.01. The van der Waals surface area contributed by atoms with Crippen molar-refractivity contribution in [1.29, 1.82) is 0 Å². The molecule has 1 aliphatic heterocycles. The van der Waals surface area contributed by atoms with Gasteiger partial charge in [0.2, 0.25) is 0 Å². The molecule has 0 amide bonds. The van der Waals surface area contributed by atoms with Gasteiger partial charge in [-0.3, -0.25) is 0 Å². The monoisotopic (exact) mass is 136 g/mol. The van der Waals surface area contributed by atoms with Crippen molar-refractivity contribution in [3.05, 3.63) is 0 Å². The van der Waals surface area contributed by atoms with E-state index in [4.69, 9.17) is 0 Å². The second-order valence-electron chi connectivity index (χ2n) is 2.10. The van der Waals surface area contributed by atoms with Crippen LogP contribution < -0.4 is 0 Å². The van der Waals surface area contributed by atoms with Gasteiger partial charge in [0.1, 0.15) is 0 Å². The van der Waals surface area contributed by atoms with Crippen LogP contribution in [0, 0.1) is 0 Å². The second-order valence-corrected chi connectivity index (χ2v) is 6.36. The summed E-state index contributed by atoms with van der Waals surface area (Å²) in [6, 6.07) is 0. The lowest BCUT2D eigenvalue weighted by Crippen LogP contribution is -1.96. The van der Waals surface area contributed by atoms with Crippen LogP contribution in [0.4, 0.5) is 0 Å². The van der Waals surface area contributed by atoms with E-state index in [1.807, 2.05) is 0 Å². The average Bonchev–Trinajstić information content (AvgIpc) is 1.69. The molecule has 44 valence electrons. The van der Waals surface area contributed by atoms with E-state index < -0.39 is 0 Å². The first-order valence-electron chi connectivity index (χ1n) is 2.89. The Labute approximate surface area is 50.4 Å². The van der Waals surface area contributed by atoms with Gasteiger partial charge < -0.3 is 0 Å². The summed E-state index contributed by atoms with van der Waals surface area (Å²) in [5, 5.41) is 0. The first kappa shape index (κ1) is 5.91. The smallest absolute Gasteiger partial charge is 0.0223 e. The molecule has 0 spiro atoms. The van der Waals surface area contributed by atoms with Gasteiger partial charge in [-0.25, -0.2) is 10.5 Å². The predicted molar refractivity (Wildman–Crippen MR) is 42.3 cm³/mol. The molecular weight excluding hydrogens is 123 g/mol. The molecule has 0 aromatic heterocycles. The summed E-state index contributed by atoms with van der Waals surface area (Å²) in [5.74, 6) is 3.03. The van der Waals surface area contributed by atoms with Gasteiger partial charge in [0, 0.05) is 0 Å². The van der Waals surface area contributed by atoms with Crippen LogP contribution in [0.5, 0.6) is 0 Å². The van der Waals surface area contributed by atoms with Crippen LogP contribution in [-0.4, -0.2) is 11.5 Å². The Kier molecular flexibility index (Phi) is 2.48. The standard InChI is InChI=1S/C5H13PS/c6-7-4-2-1-3-5-7/h7H,1-6H2. The molecule has 1 aliphatic rings. The zero-order valence-corrected chi connectivity index (χ0v) is 6.61. The molecule has 1 unspecified atom stereocenters. The fourth-order valence-electron chi connectivity index (χ4n) is 0.918. The summed E-state index contributed by atoms with van der Waals surface area (Å²) in [7, 11) is 3.40. The highest BCUT2D eigenvalue weighted by atomic mass is 32.7. The van der Waals surface area contributed by atoms with Crippen LogP contribution in [0.15, 0.2) is 0 Å². The van der Waals surface area contributed by atoms with E-state index >= 15 is 0 Å². The van der Waals surface area contributed by atoms with Gasteiger partial charge in [0.25, 0.3) is 0 Å². The van der Waals surface area contributed by atoms with Gasteiger partial charge in [-0.05, 0) is 24.3 Å². The van der Waals surface area contributed by atoms with E-state index in [1.54, 1.807) is 0 Å². The first-order valence-corrected chi connectivity index (χ1v) is 6.22. The number of rotatable bonds is 0. The van der Waals surface area contributed by atoms with E-state index in [1.165, 1.54) is 30.8 Å². The zero-order chi connectivity index (χ0) is 5.11. The van der Waals surface area contributed by atoms with Gasteiger partial charge in [-0.2, -0.15) is 0 Å². The van der Waals surface area contributed by atoms with Crippen molar-refractivity contribution in [3.63, 3.8) is 0 Å². The van der Waals surface area contributed by atoms with Crippen LogP contribution in [0.25, 0.3) is 0 Å². The molecular formula is C5H13PS. The molecule has 1 fully saturated rings. The number of thiol groups is 1. The Hall–Kier alpha value is 0.780. The summed E-state index contributed by atoms with van der Waals surface area (Å²) in [4.78, 5) is 0. The van der Waals surface area contributed by atoms with Crippen molar-refractivity contribution < 1.29 is 0 Å². The molecule has 0 aromatic rings. The molecule has 0 radical (unpaired) electrons. The molecule has 0 aromatic carbocycles. The summed E-state index contributed by atoms with van der Waals surface area (Å²) >= 11 is 0. The van der Waals surface area contributed by atoms with Gasteiger partial charge in [-0.15, -0.1) is 0 Å². The van der Waals surface area contributed by atoms with E-state index in [2.05, 4.69) is 8.44 Å². The van der Waals surface area contributed by atoms with Crippen LogP contribution >= 0.6 is 19.0 Å². The highest BCUT2D eigenvalue weighted by molar-refractivity contribution is 8.56. The molecule has 7 heavy (non-hydrogen) atoms. The van der Waals surface area contributed by atoms with E-state index in [-0.39, 0.29) is 0 Å². The minimum absolute atomic E-state index is 0.425. The van der Waals surface area contributed by atoms with Crippen LogP contribution in [0.3, 0.4) is 0 Å². The molecule has 1 heterocycles. The maximum atomic E-state index is 2.97. The number of hydrogen-bond acceptors (Lipinski definition) is 0. The molecule has 1 atom stereocenters. The van der Waals surface area contributed by atoms with E-state index in [9.17, 15) is 0 Å². The maximum Gasteiger partial charge on any atom is -0.0223 e. The van der Waals surface area contributed by atoms with Gasteiger partial charge >= 0.3 is 0 Å². The third-order valence-electron chi connectivity index (χ3n) is 1.39. The Balaban J connectivity index is 2.12. The van der Waals surface area contributed by atoms with Crippen molar-refractivity contribution in [2.75, 3.05) is 11.5 Å². The molecule has 0 aliphatic carbocycles. The minimum Gasteiger partial charge on any atom is -0.238 e. The maximum absolute atomic E-state index is 2.97. The average molecular weight is 136 g/mol. The lowest BCUT2D eigenvalue weighted by atomic mass is 10.3. The largest absolute Gasteiger partial charge is 0.238 e. The minimum atomic E-state index is 0.425. The Bertz CT molecular complexity index is 50.0. The van der Waals surface area contributed by atoms with Gasteiger partial charge in [0.15, 0.2) is 0 Å². The summed E-state index contributed by atoms with van der Waals surface area (Å²) in [6.45, 7) is 0. The third-order valence-corrected chi connectivity index (χ3v) is 4.72. The predicted octanol–water partition coefficient (Wildman–Crippen LogP) is 1.96. The summed E-state index contributed by atoms with van der Waals surface area (Å²) < 4.78 is 0. The summed E-state index contributed by atoms with van der Waals surface area (Å²) in [5.41, 5.74) is 0. The van der Waals surface area contributed by atoms with Crippen molar-refractivity contribution in [1.82, 2.24) is 0 Å². The topological polar surface area (TPSA) is 0 Å². The second kappa shape index (κ2) is 2.94. The van der Waals surface area contributed by atoms with Crippen LogP contribution in [0.1, 0.15) is 19.3 Å². The molecule has 1 rings (SSSR count). The molecule has 2 heteroatoms. The molecule has 1 saturated heterocycles. The van der Waals surface area contributed by atoms with E-state index in [0.717, 1.165) is 0 Å². The fourth-order valence-corrected chi connectivity index (χ4v) is 3.50. The summed E-state index contributed by atoms with van der Waals surface area (Å²) in [6.07, 6.45) is 4.48. The molecule has 0 bridgehead atoms. The van der Waals surface area contributed by atoms with Crippen molar-refractivity contribution in [2.24, 2.45) is 0 Å². The lowest BCUT2D eigenvalue weighted by molar-refractivity contribution is 0.763. The van der Waals surface area contributed by atoms with Gasteiger partial charge in [0.05, 0.1) is 0 Å². The highest BCUT2D eigenvalue weighted by Crippen LogP contribution is 2.39. The van der Waals surface area contributed by atoms with Crippen molar-refractivity contribution >= 4 is 19.0 Å². The van der Waals surface area contributed by atoms with Crippen molar-refractivity contribution in [2.45, 2.75) is 19.3 Å². The molecule has 0 N–H and O–H groups in total. The first-order chi connectivity index (χ1) is 3.39. The Morgan fingerprint density at radius 1 is 1.00 bits per heavy atom. The Morgan fingerprint density at radius 2 is 1.57 bits per heavy atom. The zero-order valence-electron chi connectivity index (χ0n) is 4.56. The highest BCUT2D eigenvalue weighted by Gasteiger charge is 2.02. The van der Waals surface area contributed by atoms with Crippen molar-refractivity contribution in [3.8, 4) is 0 Å². The van der Waals surface area contributed by atoms with Crippen LogP contribution in [-0.2, 0) is 0 Å². The van der Waals surface area contributed by atoms with Crippen LogP contribution in [0.2, 0.25) is 0 Å². The molecule has 0 saturated carbocycles. The molecule has 0 nitrogen and oxygen atoms in total. The normalized spacial score (nSPS) is 27.9. The Morgan fingerprint density at radius 3 is 1.86 bits per heavy atom. The number of hydrogen-bond donors (Lipinski definition) is 1. The SMILES string of the molecule is P[SH]1CCCCC1.